The number of ether oxygens (including phenoxy) is 1. The van der Waals surface area contributed by atoms with Gasteiger partial charge in [0.05, 0.1) is 11.9 Å². The topological polar surface area (TPSA) is 45.7 Å². The van der Waals surface area contributed by atoms with Gasteiger partial charge in [0.25, 0.3) is 0 Å². The van der Waals surface area contributed by atoms with E-state index < -0.39 is 0 Å². The zero-order valence-corrected chi connectivity index (χ0v) is 14.6. The van der Waals surface area contributed by atoms with Crippen LogP contribution in [0.5, 0.6) is 0 Å². The highest BCUT2D eigenvalue weighted by atomic mass is 35.5. The van der Waals surface area contributed by atoms with Crippen LogP contribution in [0.15, 0.2) is 48.7 Å². The van der Waals surface area contributed by atoms with Gasteiger partial charge in [0.1, 0.15) is 11.8 Å². The third-order valence-electron chi connectivity index (χ3n) is 5.02. The van der Waals surface area contributed by atoms with Gasteiger partial charge in [0.15, 0.2) is 0 Å². The van der Waals surface area contributed by atoms with Crippen molar-refractivity contribution < 1.29 is 9.53 Å². The molecule has 1 aromatic heterocycles. The summed E-state index contributed by atoms with van der Waals surface area (Å²) in [5, 5.41) is 0.496. The SMILES string of the molecule is O=C(OCc1ccccc1)N1C[C@H]2C[C@@H]1CCN2c1ccc(Cl)nc1. The number of fused-ring (bicyclic) bond motifs is 2. The lowest BCUT2D eigenvalue weighted by atomic mass is 10.0. The third-order valence-corrected chi connectivity index (χ3v) is 5.24. The first kappa shape index (κ1) is 16.2. The molecular formula is C19H20ClN3O2. The lowest BCUT2D eigenvalue weighted by molar-refractivity contribution is 0.0920. The molecule has 25 heavy (non-hydrogen) atoms. The number of likely N-dealkylation sites (tertiary alicyclic amines) is 1. The Hall–Kier alpha value is -2.27. The average Bonchev–Trinajstić information content (AvgIpc) is 2.98. The maximum absolute atomic E-state index is 12.5. The van der Waals surface area contributed by atoms with Crippen LogP contribution >= 0.6 is 11.6 Å². The highest BCUT2D eigenvalue weighted by Crippen LogP contribution is 2.33. The van der Waals surface area contributed by atoms with E-state index in [9.17, 15) is 4.79 Å². The van der Waals surface area contributed by atoms with Crippen LogP contribution < -0.4 is 4.90 Å². The molecule has 2 aliphatic rings. The molecule has 0 aliphatic carbocycles. The first-order valence-electron chi connectivity index (χ1n) is 8.56. The number of piperidine rings is 1. The fourth-order valence-electron chi connectivity index (χ4n) is 3.77. The Bertz CT molecular complexity index is 738. The van der Waals surface area contributed by atoms with Crippen LogP contribution in [0.3, 0.4) is 0 Å². The second kappa shape index (κ2) is 6.92. The second-order valence-electron chi connectivity index (χ2n) is 6.56. The Morgan fingerprint density at radius 2 is 2.04 bits per heavy atom. The number of amides is 1. The number of hydrogen-bond acceptors (Lipinski definition) is 4. The zero-order chi connectivity index (χ0) is 17.2. The van der Waals surface area contributed by atoms with Gasteiger partial charge < -0.3 is 14.5 Å². The number of halogens is 1. The summed E-state index contributed by atoms with van der Waals surface area (Å²) in [5.74, 6) is 0. The number of nitrogens with zero attached hydrogens (tertiary/aromatic N) is 3. The van der Waals surface area contributed by atoms with Gasteiger partial charge in [-0.15, -0.1) is 0 Å². The van der Waals surface area contributed by atoms with Gasteiger partial charge in [-0.05, 0) is 30.5 Å². The van der Waals surface area contributed by atoms with Gasteiger partial charge in [0.2, 0.25) is 0 Å². The van der Waals surface area contributed by atoms with Crippen molar-refractivity contribution >= 4 is 23.4 Å². The Balaban J connectivity index is 1.39. The Labute approximate surface area is 152 Å². The largest absolute Gasteiger partial charge is 0.445 e. The van der Waals surface area contributed by atoms with E-state index in [1.165, 1.54) is 0 Å². The summed E-state index contributed by atoms with van der Waals surface area (Å²) >= 11 is 5.88. The van der Waals surface area contributed by atoms with Crippen LogP contribution in [0.25, 0.3) is 0 Å². The molecule has 2 aromatic rings. The molecule has 0 spiro atoms. The molecule has 2 fully saturated rings. The van der Waals surface area contributed by atoms with Crippen molar-refractivity contribution in [2.45, 2.75) is 31.5 Å². The van der Waals surface area contributed by atoms with Crippen LogP contribution in [0, 0.1) is 0 Å². The maximum atomic E-state index is 12.5. The molecule has 3 heterocycles. The maximum Gasteiger partial charge on any atom is 0.410 e. The summed E-state index contributed by atoms with van der Waals surface area (Å²) in [4.78, 5) is 20.9. The minimum atomic E-state index is -0.215. The zero-order valence-electron chi connectivity index (χ0n) is 13.8. The predicted octanol–water partition coefficient (Wildman–Crippen LogP) is 3.72. The van der Waals surface area contributed by atoms with Crippen LogP contribution in [-0.2, 0) is 11.3 Å². The second-order valence-corrected chi connectivity index (χ2v) is 6.94. The van der Waals surface area contributed by atoms with Crippen molar-refractivity contribution in [2.75, 3.05) is 18.0 Å². The van der Waals surface area contributed by atoms with E-state index in [4.69, 9.17) is 16.3 Å². The summed E-state index contributed by atoms with van der Waals surface area (Å²) in [6.45, 7) is 1.93. The highest BCUT2D eigenvalue weighted by Gasteiger charge is 2.42. The number of carbonyl (C=O) groups excluding carboxylic acids is 1. The van der Waals surface area contributed by atoms with Crippen LogP contribution in [0.2, 0.25) is 5.15 Å². The Morgan fingerprint density at radius 3 is 2.80 bits per heavy atom. The number of anilines is 1. The molecule has 0 unspecified atom stereocenters. The van der Waals surface area contributed by atoms with E-state index in [2.05, 4.69) is 9.88 Å². The van der Waals surface area contributed by atoms with Gasteiger partial charge >= 0.3 is 6.09 Å². The normalized spacial score (nSPS) is 22.1. The van der Waals surface area contributed by atoms with E-state index in [1.807, 2.05) is 47.4 Å². The smallest absolute Gasteiger partial charge is 0.410 e. The van der Waals surface area contributed by atoms with Gasteiger partial charge in [-0.1, -0.05) is 41.9 Å². The molecule has 2 atom stereocenters. The van der Waals surface area contributed by atoms with E-state index in [0.29, 0.717) is 24.3 Å². The fourth-order valence-corrected chi connectivity index (χ4v) is 3.88. The predicted molar refractivity (Wildman–Crippen MR) is 96.7 cm³/mol. The minimum absolute atomic E-state index is 0.215. The van der Waals surface area contributed by atoms with Crippen molar-refractivity contribution in [3.05, 3.63) is 59.4 Å². The highest BCUT2D eigenvalue weighted by molar-refractivity contribution is 6.29. The van der Waals surface area contributed by atoms with Crippen molar-refractivity contribution in [1.29, 1.82) is 0 Å². The molecule has 2 aliphatic heterocycles. The molecule has 130 valence electrons. The first-order valence-corrected chi connectivity index (χ1v) is 8.94. The molecule has 1 amide bonds. The summed E-state index contributed by atoms with van der Waals surface area (Å²) in [5.41, 5.74) is 2.07. The van der Waals surface area contributed by atoms with Gasteiger partial charge in [-0.25, -0.2) is 9.78 Å². The van der Waals surface area contributed by atoms with Crippen molar-refractivity contribution in [3.8, 4) is 0 Å². The molecule has 5 nitrogen and oxygen atoms in total. The quantitative estimate of drug-likeness (QED) is 0.785. The molecular weight excluding hydrogens is 338 g/mol. The van der Waals surface area contributed by atoms with Crippen LogP contribution in [-0.4, -0.2) is 41.2 Å². The first-order chi connectivity index (χ1) is 12.2. The molecule has 2 bridgehead atoms. The van der Waals surface area contributed by atoms with E-state index in [0.717, 1.165) is 30.6 Å². The fraction of sp³-hybridized carbons (Fsp3) is 0.368. The van der Waals surface area contributed by atoms with Crippen LogP contribution in [0.1, 0.15) is 18.4 Å². The number of carbonyl (C=O) groups is 1. The average molecular weight is 358 g/mol. The van der Waals surface area contributed by atoms with E-state index >= 15 is 0 Å². The van der Waals surface area contributed by atoms with Crippen molar-refractivity contribution in [2.24, 2.45) is 0 Å². The minimum Gasteiger partial charge on any atom is -0.445 e. The van der Waals surface area contributed by atoms with E-state index in [-0.39, 0.29) is 12.1 Å². The van der Waals surface area contributed by atoms with Crippen molar-refractivity contribution in [1.82, 2.24) is 9.88 Å². The molecule has 0 saturated carbocycles. The Kier molecular flexibility index (Phi) is 4.49. The number of benzene rings is 1. The monoisotopic (exact) mass is 357 g/mol. The lowest BCUT2D eigenvalue weighted by Crippen LogP contribution is -2.40. The molecule has 0 radical (unpaired) electrons. The molecule has 4 rings (SSSR count). The molecule has 2 saturated heterocycles. The number of hydrogen-bond donors (Lipinski definition) is 0. The summed E-state index contributed by atoms with van der Waals surface area (Å²) in [7, 11) is 0. The summed E-state index contributed by atoms with van der Waals surface area (Å²) in [6, 6.07) is 14.2. The molecule has 0 N–H and O–H groups in total. The van der Waals surface area contributed by atoms with Crippen molar-refractivity contribution in [3.63, 3.8) is 0 Å². The molecule has 6 heteroatoms. The Morgan fingerprint density at radius 1 is 1.20 bits per heavy atom. The van der Waals surface area contributed by atoms with Gasteiger partial charge in [-0.3, -0.25) is 0 Å². The number of rotatable bonds is 3. The number of aromatic nitrogens is 1. The lowest BCUT2D eigenvalue weighted by Gasteiger charge is -2.33. The van der Waals surface area contributed by atoms with Crippen LogP contribution in [0.4, 0.5) is 10.5 Å². The summed E-state index contributed by atoms with van der Waals surface area (Å²) < 4.78 is 5.52. The van der Waals surface area contributed by atoms with Gasteiger partial charge in [-0.2, -0.15) is 0 Å². The van der Waals surface area contributed by atoms with E-state index in [1.54, 1.807) is 6.20 Å². The summed E-state index contributed by atoms with van der Waals surface area (Å²) in [6.07, 6.45) is 3.51. The third kappa shape index (κ3) is 3.42. The van der Waals surface area contributed by atoms with Gasteiger partial charge in [0, 0.05) is 25.2 Å². The molecule has 1 aromatic carbocycles. The number of pyridine rings is 1. The standard InChI is InChI=1S/C19H20ClN3O2/c20-18-7-6-16(11-21-18)22-9-8-15-10-17(22)12-23(15)19(24)25-13-14-4-2-1-3-5-14/h1-7,11,15,17H,8-10,12-13H2/t15-,17+/m0/s1.